The molecule has 0 unspecified atom stereocenters. The third kappa shape index (κ3) is 30.6. The summed E-state index contributed by atoms with van der Waals surface area (Å²) in [6.45, 7) is 20.9. The second-order valence-corrected chi connectivity index (χ2v) is 12.9. The van der Waals surface area contributed by atoms with Gasteiger partial charge in [-0.3, -0.25) is 14.4 Å². The van der Waals surface area contributed by atoms with Gasteiger partial charge in [-0.15, -0.1) is 0 Å². The zero-order chi connectivity index (χ0) is 42.7. The molecule has 0 aliphatic rings. The van der Waals surface area contributed by atoms with Crippen LogP contribution < -0.4 is 16.0 Å². The molecule has 0 atom stereocenters. The first-order valence-electron chi connectivity index (χ1n) is 19.0. The second-order valence-electron chi connectivity index (χ2n) is 12.9. The molecule has 0 saturated heterocycles. The highest BCUT2D eigenvalue weighted by Crippen LogP contribution is 2.25. The molecule has 0 aliphatic carbocycles. The van der Waals surface area contributed by atoms with E-state index in [2.05, 4.69) is 35.7 Å². The van der Waals surface area contributed by atoms with E-state index < -0.39 is 41.2 Å². The standard InChI is InChI=1S/C39H65N3O15/c1-8-39(27-55-33(43)9-12-40-15-18-49-21-24-52-36(46)30(2)3,28-56-34(44)10-13-41-16-19-50-22-25-53-37(47)31(4)5)29-57-35(45)11-14-42-17-20-51-23-26-54-38(48)32(6)7/h40-42H,2,4,6,8-29H2,1,3,5,7H3. The van der Waals surface area contributed by atoms with Gasteiger partial charge in [0.05, 0.1) is 64.3 Å². The van der Waals surface area contributed by atoms with E-state index in [1.165, 1.54) is 0 Å². The Morgan fingerprint density at radius 1 is 0.421 bits per heavy atom. The van der Waals surface area contributed by atoms with Crippen molar-refractivity contribution in [2.24, 2.45) is 5.41 Å². The number of carbonyl (C=O) groups is 6. The molecule has 0 rings (SSSR count). The molecule has 326 valence electrons. The smallest absolute Gasteiger partial charge is 0.333 e. The molecule has 0 heterocycles. The summed E-state index contributed by atoms with van der Waals surface area (Å²) in [5, 5.41) is 9.20. The van der Waals surface area contributed by atoms with Crippen molar-refractivity contribution in [2.75, 3.05) is 119 Å². The minimum absolute atomic E-state index is 0.0552. The molecule has 0 fully saturated rings. The molecule has 18 heteroatoms. The number of rotatable bonds is 37. The van der Waals surface area contributed by atoms with Crippen LogP contribution >= 0.6 is 0 Å². The van der Waals surface area contributed by atoms with Crippen LogP contribution in [0.1, 0.15) is 53.4 Å². The van der Waals surface area contributed by atoms with Gasteiger partial charge in [0.2, 0.25) is 0 Å². The maximum absolute atomic E-state index is 12.6. The van der Waals surface area contributed by atoms with Crippen LogP contribution in [0.4, 0.5) is 0 Å². The van der Waals surface area contributed by atoms with Crippen LogP contribution in [0.3, 0.4) is 0 Å². The van der Waals surface area contributed by atoms with Crippen LogP contribution in [0, 0.1) is 5.41 Å². The predicted octanol–water partition coefficient (Wildman–Crippen LogP) is 1.36. The molecular weight excluding hydrogens is 750 g/mol. The normalized spacial score (nSPS) is 10.9. The molecule has 0 aliphatic heterocycles. The first kappa shape index (κ1) is 52.8. The first-order chi connectivity index (χ1) is 27.2. The fraction of sp³-hybridized carbons (Fsp3) is 0.692. The van der Waals surface area contributed by atoms with Crippen LogP contribution in [0.5, 0.6) is 0 Å². The largest absolute Gasteiger partial charge is 0.465 e. The average Bonchev–Trinajstić information content (AvgIpc) is 3.18. The van der Waals surface area contributed by atoms with Gasteiger partial charge in [0.1, 0.15) is 39.6 Å². The molecule has 0 aromatic rings. The van der Waals surface area contributed by atoms with Crippen molar-refractivity contribution in [3.8, 4) is 0 Å². The van der Waals surface area contributed by atoms with Crippen molar-refractivity contribution in [3.05, 3.63) is 36.5 Å². The molecule has 0 radical (unpaired) electrons. The SMILES string of the molecule is C=C(C)C(=O)OCCOCCNCCC(=O)OCC(CC)(COC(=O)CCNCCOCCOC(=O)C(=C)C)COC(=O)CCNCCOCCOC(=O)C(=C)C. The van der Waals surface area contributed by atoms with Gasteiger partial charge in [0.25, 0.3) is 0 Å². The highest BCUT2D eigenvalue weighted by Gasteiger charge is 2.34. The van der Waals surface area contributed by atoms with Crippen molar-refractivity contribution >= 4 is 35.8 Å². The van der Waals surface area contributed by atoms with E-state index in [1.54, 1.807) is 20.8 Å². The quantitative estimate of drug-likeness (QED) is 0.0349. The molecule has 0 spiro atoms. The number of hydrogen-bond donors (Lipinski definition) is 3. The van der Waals surface area contributed by atoms with Gasteiger partial charge in [-0.25, -0.2) is 14.4 Å². The molecule has 0 amide bonds. The molecule has 18 nitrogen and oxygen atoms in total. The van der Waals surface area contributed by atoms with Gasteiger partial charge in [-0.1, -0.05) is 26.7 Å². The summed E-state index contributed by atoms with van der Waals surface area (Å²) in [5.41, 5.74) is -0.0565. The highest BCUT2D eigenvalue weighted by atomic mass is 16.6. The average molecular weight is 816 g/mol. The molecule has 0 aromatic heterocycles. The molecular formula is C39H65N3O15. The highest BCUT2D eigenvalue weighted by molar-refractivity contribution is 5.87. The topological polar surface area (TPSA) is 222 Å². The summed E-state index contributed by atoms with van der Waals surface area (Å²) in [4.78, 5) is 71.9. The Hall–Kier alpha value is -4.20. The number of ether oxygens (including phenoxy) is 9. The lowest BCUT2D eigenvalue weighted by Gasteiger charge is -2.31. The van der Waals surface area contributed by atoms with Gasteiger partial charge >= 0.3 is 35.8 Å². The lowest BCUT2D eigenvalue weighted by Crippen LogP contribution is -2.39. The van der Waals surface area contributed by atoms with E-state index in [-0.39, 0.29) is 78.7 Å². The molecule has 0 saturated carbocycles. The second kappa shape index (κ2) is 33.9. The minimum Gasteiger partial charge on any atom is -0.465 e. The number of nitrogens with one attached hydrogen (secondary N) is 3. The number of carbonyl (C=O) groups excluding carboxylic acids is 6. The van der Waals surface area contributed by atoms with Crippen LogP contribution in [-0.4, -0.2) is 154 Å². The van der Waals surface area contributed by atoms with Crippen molar-refractivity contribution in [2.45, 2.75) is 53.4 Å². The summed E-state index contributed by atoms with van der Waals surface area (Å²) >= 11 is 0. The van der Waals surface area contributed by atoms with Gasteiger partial charge in [0, 0.05) is 56.0 Å². The van der Waals surface area contributed by atoms with E-state index >= 15 is 0 Å². The lowest BCUT2D eigenvalue weighted by atomic mass is 9.88. The monoisotopic (exact) mass is 815 g/mol. The molecule has 57 heavy (non-hydrogen) atoms. The van der Waals surface area contributed by atoms with Gasteiger partial charge in [-0.2, -0.15) is 0 Å². The van der Waals surface area contributed by atoms with Crippen LogP contribution in [0.2, 0.25) is 0 Å². The van der Waals surface area contributed by atoms with E-state index in [0.717, 1.165) is 0 Å². The predicted molar refractivity (Wildman–Crippen MR) is 208 cm³/mol. The van der Waals surface area contributed by atoms with Gasteiger partial charge in [-0.05, 0) is 27.2 Å². The summed E-state index contributed by atoms with van der Waals surface area (Å²) in [6, 6.07) is 0. The van der Waals surface area contributed by atoms with E-state index in [4.69, 9.17) is 42.6 Å². The van der Waals surface area contributed by atoms with Crippen molar-refractivity contribution < 1.29 is 71.4 Å². The van der Waals surface area contributed by atoms with Gasteiger partial charge in [0.15, 0.2) is 0 Å². The van der Waals surface area contributed by atoms with Crippen molar-refractivity contribution in [3.63, 3.8) is 0 Å². The molecule has 0 bridgehead atoms. The lowest BCUT2D eigenvalue weighted by molar-refractivity contribution is -0.162. The van der Waals surface area contributed by atoms with Crippen molar-refractivity contribution in [1.82, 2.24) is 16.0 Å². The fourth-order valence-electron chi connectivity index (χ4n) is 3.98. The maximum Gasteiger partial charge on any atom is 0.333 e. The Morgan fingerprint density at radius 2 is 0.702 bits per heavy atom. The van der Waals surface area contributed by atoms with E-state index in [1.807, 2.05) is 6.92 Å². The summed E-state index contributed by atoms with van der Waals surface area (Å²) < 4.78 is 47.7. The first-order valence-corrected chi connectivity index (χ1v) is 19.0. The van der Waals surface area contributed by atoms with Crippen LogP contribution in [0.25, 0.3) is 0 Å². The third-order valence-corrected chi connectivity index (χ3v) is 7.58. The van der Waals surface area contributed by atoms with Gasteiger partial charge < -0.3 is 58.6 Å². The Labute approximate surface area is 336 Å². The van der Waals surface area contributed by atoms with E-state index in [9.17, 15) is 28.8 Å². The summed E-state index contributed by atoms with van der Waals surface area (Å²) in [5.74, 6) is -2.92. The zero-order valence-electron chi connectivity index (χ0n) is 34.3. The number of esters is 6. The van der Waals surface area contributed by atoms with Crippen molar-refractivity contribution in [1.29, 1.82) is 0 Å². The fourth-order valence-corrected chi connectivity index (χ4v) is 3.98. The summed E-state index contributed by atoms with van der Waals surface area (Å²) in [7, 11) is 0. The number of hydrogen-bond acceptors (Lipinski definition) is 18. The molecule has 3 N–H and O–H groups in total. The Bertz CT molecular complexity index is 1110. The van der Waals surface area contributed by atoms with E-state index in [0.29, 0.717) is 82.2 Å². The molecule has 0 aromatic carbocycles. The third-order valence-electron chi connectivity index (χ3n) is 7.58. The van der Waals surface area contributed by atoms with Crippen LogP contribution in [-0.2, 0) is 71.4 Å². The minimum atomic E-state index is -0.987. The zero-order valence-corrected chi connectivity index (χ0v) is 34.3. The Kier molecular flexibility index (Phi) is 31.4. The summed E-state index contributed by atoms with van der Waals surface area (Å²) in [6.07, 6.45) is 0.533. The Morgan fingerprint density at radius 3 is 0.947 bits per heavy atom. The Balaban J connectivity index is 4.73. The maximum atomic E-state index is 12.6. The van der Waals surface area contributed by atoms with Crippen LogP contribution in [0.15, 0.2) is 36.5 Å².